The molecule has 0 bridgehead atoms. The maximum absolute atomic E-state index is 14.1. The van der Waals surface area contributed by atoms with Crippen LogP contribution in [0.1, 0.15) is 45.9 Å². The van der Waals surface area contributed by atoms with Gasteiger partial charge in [0, 0.05) is 38.2 Å². The summed E-state index contributed by atoms with van der Waals surface area (Å²) in [7, 11) is 1.82. The van der Waals surface area contributed by atoms with Gasteiger partial charge in [0.2, 0.25) is 0 Å². The standard InChI is InChI=1S/C24H27FN4O/c1-28(15-18-8-3-2-4-9-18)24(30)21-14-26-27-23(21)20-11-7-13-29(17-20)16-19-10-5-6-12-22(19)25/h2-6,8-10,12,14,20H,7,11,13,15-17H2,1H3,(H,26,27)/t20-/m1/s1. The van der Waals surface area contributed by atoms with E-state index in [2.05, 4.69) is 15.1 Å². The van der Waals surface area contributed by atoms with Crippen LogP contribution in [0.4, 0.5) is 4.39 Å². The second kappa shape index (κ2) is 9.22. The number of nitrogens with zero attached hydrogens (tertiary/aromatic N) is 3. The topological polar surface area (TPSA) is 52.2 Å². The Morgan fingerprint density at radius 3 is 2.77 bits per heavy atom. The van der Waals surface area contributed by atoms with E-state index in [-0.39, 0.29) is 17.6 Å². The molecular formula is C24H27FN4O. The molecular weight excluding hydrogens is 379 g/mol. The summed E-state index contributed by atoms with van der Waals surface area (Å²) >= 11 is 0. The van der Waals surface area contributed by atoms with E-state index in [0.717, 1.165) is 37.2 Å². The van der Waals surface area contributed by atoms with Gasteiger partial charge in [0.25, 0.3) is 5.91 Å². The van der Waals surface area contributed by atoms with Gasteiger partial charge >= 0.3 is 0 Å². The van der Waals surface area contributed by atoms with Crippen LogP contribution in [0.3, 0.4) is 0 Å². The Kier molecular flexibility index (Phi) is 6.23. The van der Waals surface area contributed by atoms with E-state index in [0.29, 0.717) is 24.2 Å². The molecule has 4 rings (SSSR count). The number of carbonyl (C=O) groups excluding carboxylic acids is 1. The first-order valence-electron chi connectivity index (χ1n) is 10.4. The number of H-pyrrole nitrogens is 1. The van der Waals surface area contributed by atoms with Crippen molar-refractivity contribution in [3.05, 3.63) is 89.0 Å². The summed E-state index contributed by atoms with van der Waals surface area (Å²) in [6, 6.07) is 16.9. The molecule has 30 heavy (non-hydrogen) atoms. The number of likely N-dealkylation sites (tertiary alicyclic amines) is 1. The van der Waals surface area contributed by atoms with Crippen molar-refractivity contribution in [3.8, 4) is 0 Å². The molecule has 1 N–H and O–H groups in total. The minimum absolute atomic E-state index is 0.0335. The molecule has 0 spiro atoms. The van der Waals surface area contributed by atoms with Gasteiger partial charge in [-0.25, -0.2) is 4.39 Å². The molecule has 2 aromatic carbocycles. The minimum atomic E-state index is -0.167. The number of rotatable bonds is 6. The number of aromatic amines is 1. The van der Waals surface area contributed by atoms with Crippen LogP contribution >= 0.6 is 0 Å². The second-order valence-electron chi connectivity index (χ2n) is 8.01. The first-order chi connectivity index (χ1) is 14.6. The van der Waals surface area contributed by atoms with Crippen molar-refractivity contribution in [1.29, 1.82) is 0 Å². The van der Waals surface area contributed by atoms with Gasteiger partial charge in [-0.15, -0.1) is 0 Å². The van der Waals surface area contributed by atoms with E-state index < -0.39 is 0 Å². The Balaban J connectivity index is 1.45. The first-order valence-corrected chi connectivity index (χ1v) is 10.4. The van der Waals surface area contributed by atoms with Crippen LogP contribution in [0.5, 0.6) is 0 Å². The van der Waals surface area contributed by atoms with Crippen LogP contribution < -0.4 is 0 Å². The molecule has 1 aliphatic rings. The molecule has 1 amide bonds. The number of halogens is 1. The third-order valence-electron chi connectivity index (χ3n) is 5.77. The SMILES string of the molecule is CN(Cc1ccccc1)C(=O)c1cn[nH]c1[C@@H]1CCCN(Cc2ccccc2F)C1. The molecule has 1 saturated heterocycles. The Morgan fingerprint density at radius 1 is 1.20 bits per heavy atom. The molecule has 0 aliphatic carbocycles. The maximum atomic E-state index is 14.1. The highest BCUT2D eigenvalue weighted by Gasteiger charge is 2.28. The number of hydrogen-bond acceptors (Lipinski definition) is 3. The van der Waals surface area contributed by atoms with Gasteiger partial charge in [-0.05, 0) is 31.0 Å². The highest BCUT2D eigenvalue weighted by Crippen LogP contribution is 2.29. The van der Waals surface area contributed by atoms with E-state index in [4.69, 9.17) is 0 Å². The van der Waals surface area contributed by atoms with E-state index in [1.807, 2.05) is 49.5 Å². The molecule has 0 unspecified atom stereocenters. The number of benzene rings is 2. The fourth-order valence-corrected chi connectivity index (χ4v) is 4.21. The molecule has 0 saturated carbocycles. The quantitative estimate of drug-likeness (QED) is 0.668. The summed E-state index contributed by atoms with van der Waals surface area (Å²) in [4.78, 5) is 17.1. The predicted octanol–water partition coefficient (Wildman–Crippen LogP) is 4.20. The molecule has 1 atom stereocenters. The van der Waals surface area contributed by atoms with Crippen molar-refractivity contribution in [2.45, 2.75) is 31.8 Å². The predicted molar refractivity (Wildman–Crippen MR) is 114 cm³/mol. The second-order valence-corrected chi connectivity index (χ2v) is 8.01. The van der Waals surface area contributed by atoms with Gasteiger partial charge in [-0.1, -0.05) is 48.5 Å². The lowest BCUT2D eigenvalue weighted by molar-refractivity contribution is 0.0782. The summed E-state index contributed by atoms with van der Waals surface area (Å²) < 4.78 is 14.1. The molecule has 5 nitrogen and oxygen atoms in total. The van der Waals surface area contributed by atoms with Gasteiger partial charge in [0.15, 0.2) is 0 Å². The third-order valence-corrected chi connectivity index (χ3v) is 5.77. The molecule has 1 aromatic heterocycles. The lowest BCUT2D eigenvalue weighted by Gasteiger charge is -2.33. The first kappa shape index (κ1) is 20.3. The molecule has 6 heteroatoms. The minimum Gasteiger partial charge on any atom is -0.337 e. The van der Waals surface area contributed by atoms with E-state index in [1.165, 1.54) is 6.07 Å². The van der Waals surface area contributed by atoms with Crippen LogP contribution in [0.2, 0.25) is 0 Å². The van der Waals surface area contributed by atoms with Gasteiger partial charge in [0.1, 0.15) is 5.82 Å². The summed E-state index contributed by atoms with van der Waals surface area (Å²) in [5, 5.41) is 7.25. The monoisotopic (exact) mass is 406 g/mol. The largest absolute Gasteiger partial charge is 0.337 e. The number of piperidine rings is 1. The Morgan fingerprint density at radius 2 is 1.97 bits per heavy atom. The average Bonchev–Trinajstić information content (AvgIpc) is 3.26. The van der Waals surface area contributed by atoms with E-state index in [9.17, 15) is 9.18 Å². The Hall–Kier alpha value is -2.99. The van der Waals surface area contributed by atoms with Crippen LogP contribution in [-0.4, -0.2) is 46.0 Å². The smallest absolute Gasteiger partial charge is 0.257 e. The van der Waals surface area contributed by atoms with Crippen molar-refractivity contribution >= 4 is 5.91 Å². The number of hydrogen-bond donors (Lipinski definition) is 1. The summed E-state index contributed by atoms with van der Waals surface area (Å²) in [6.45, 7) is 2.83. The zero-order valence-electron chi connectivity index (χ0n) is 17.2. The molecule has 0 radical (unpaired) electrons. The van der Waals surface area contributed by atoms with Crippen molar-refractivity contribution in [3.63, 3.8) is 0 Å². The van der Waals surface area contributed by atoms with Crippen molar-refractivity contribution in [2.24, 2.45) is 0 Å². The van der Waals surface area contributed by atoms with Gasteiger partial charge < -0.3 is 4.90 Å². The molecule has 2 heterocycles. The van der Waals surface area contributed by atoms with Crippen molar-refractivity contribution in [2.75, 3.05) is 20.1 Å². The maximum Gasteiger partial charge on any atom is 0.257 e. The van der Waals surface area contributed by atoms with Crippen LogP contribution in [-0.2, 0) is 13.1 Å². The van der Waals surface area contributed by atoms with Crippen molar-refractivity contribution < 1.29 is 9.18 Å². The normalized spacial score (nSPS) is 17.1. The van der Waals surface area contributed by atoms with Gasteiger partial charge in [0.05, 0.1) is 17.5 Å². The summed E-state index contributed by atoms with van der Waals surface area (Å²) in [5.74, 6) is -0.0227. The van der Waals surface area contributed by atoms with Gasteiger partial charge in [-0.3, -0.25) is 14.8 Å². The van der Waals surface area contributed by atoms with Crippen LogP contribution in [0.25, 0.3) is 0 Å². The fraction of sp³-hybridized carbons (Fsp3) is 0.333. The average molecular weight is 407 g/mol. The zero-order valence-corrected chi connectivity index (χ0v) is 17.2. The fourth-order valence-electron chi connectivity index (χ4n) is 4.21. The molecule has 156 valence electrons. The van der Waals surface area contributed by atoms with Crippen molar-refractivity contribution in [1.82, 2.24) is 20.0 Å². The highest BCUT2D eigenvalue weighted by atomic mass is 19.1. The zero-order chi connectivity index (χ0) is 20.9. The van der Waals surface area contributed by atoms with Gasteiger partial charge in [-0.2, -0.15) is 5.10 Å². The Labute approximate surface area is 176 Å². The number of amides is 1. The molecule has 3 aromatic rings. The molecule has 1 fully saturated rings. The highest BCUT2D eigenvalue weighted by molar-refractivity contribution is 5.95. The number of carbonyl (C=O) groups is 1. The Bertz CT molecular complexity index is 988. The van der Waals surface area contributed by atoms with E-state index in [1.54, 1.807) is 17.2 Å². The lowest BCUT2D eigenvalue weighted by atomic mass is 9.92. The number of nitrogens with one attached hydrogen (secondary N) is 1. The third kappa shape index (κ3) is 4.60. The lowest BCUT2D eigenvalue weighted by Crippen LogP contribution is -2.35. The summed E-state index contributed by atoms with van der Waals surface area (Å²) in [6.07, 6.45) is 3.62. The summed E-state index contributed by atoms with van der Waals surface area (Å²) in [5.41, 5.74) is 3.32. The van der Waals surface area contributed by atoms with E-state index >= 15 is 0 Å². The van der Waals surface area contributed by atoms with Crippen LogP contribution in [0.15, 0.2) is 60.8 Å². The van der Waals surface area contributed by atoms with Crippen LogP contribution in [0, 0.1) is 5.82 Å². The molecule has 1 aliphatic heterocycles. The number of aromatic nitrogens is 2.